The van der Waals surface area contributed by atoms with E-state index in [0.29, 0.717) is 17.8 Å². The topological polar surface area (TPSA) is 63.9 Å². The van der Waals surface area contributed by atoms with E-state index in [2.05, 4.69) is 25.7 Å². The van der Waals surface area contributed by atoms with Gasteiger partial charge in [-0.15, -0.1) is 0 Å². The molecule has 0 amide bonds. The zero-order chi connectivity index (χ0) is 21.7. The summed E-state index contributed by atoms with van der Waals surface area (Å²) in [5.74, 6) is 4.30. The van der Waals surface area contributed by atoms with Crippen molar-refractivity contribution in [3.05, 3.63) is 0 Å². The lowest BCUT2D eigenvalue weighted by molar-refractivity contribution is -0.176. The first-order valence-corrected chi connectivity index (χ1v) is 13.5. The monoisotopic (exact) mass is 431 g/mol. The van der Waals surface area contributed by atoms with E-state index >= 15 is 0 Å². The number of piperidine rings is 2. The van der Waals surface area contributed by atoms with Crippen molar-refractivity contribution in [2.45, 2.75) is 102 Å². The van der Waals surface area contributed by atoms with Crippen LogP contribution >= 0.6 is 0 Å². The fourth-order valence-electron chi connectivity index (χ4n) is 10.6. The van der Waals surface area contributed by atoms with Gasteiger partial charge in [-0.3, -0.25) is 4.90 Å². The fraction of sp³-hybridized carbons (Fsp3) is 1.00. The van der Waals surface area contributed by atoms with Gasteiger partial charge in [0.2, 0.25) is 0 Å². The van der Waals surface area contributed by atoms with Crippen LogP contribution in [0.5, 0.6) is 0 Å². The highest BCUT2D eigenvalue weighted by molar-refractivity contribution is 5.17. The van der Waals surface area contributed by atoms with E-state index in [1.807, 2.05) is 0 Å². The SMILES string of the molecule is C[C@@H]1CC[C@H]2[C@H](C)[C@@H]3CC[C@]4(O)[C@H](C[C@@H]5[C@@H]4C[C@H](O)[C@H]4C[C@@H](O)CC[C@@]45C)[C@@H]3CN2C1. The summed E-state index contributed by atoms with van der Waals surface area (Å²) in [5.41, 5.74) is -0.503. The van der Waals surface area contributed by atoms with Gasteiger partial charge in [0.1, 0.15) is 0 Å². The number of hydrogen-bond acceptors (Lipinski definition) is 4. The van der Waals surface area contributed by atoms with Crippen LogP contribution in [0.25, 0.3) is 0 Å². The first-order valence-electron chi connectivity index (χ1n) is 13.5. The van der Waals surface area contributed by atoms with E-state index in [9.17, 15) is 15.3 Å². The Kier molecular flexibility index (Phi) is 4.94. The summed E-state index contributed by atoms with van der Waals surface area (Å²) in [6, 6.07) is 0.760. The minimum absolute atomic E-state index is 0.0760. The summed E-state index contributed by atoms with van der Waals surface area (Å²) in [7, 11) is 0. The first kappa shape index (κ1) is 21.4. The molecule has 6 rings (SSSR count). The zero-order valence-corrected chi connectivity index (χ0v) is 19.9. The minimum Gasteiger partial charge on any atom is -0.393 e. The van der Waals surface area contributed by atoms with Gasteiger partial charge >= 0.3 is 0 Å². The number of fused-ring (bicyclic) bond motifs is 8. The number of aliphatic hydroxyl groups is 3. The minimum atomic E-state index is -0.579. The highest BCUT2D eigenvalue weighted by Gasteiger charge is 2.67. The molecule has 4 nitrogen and oxygen atoms in total. The number of aliphatic hydroxyl groups excluding tert-OH is 2. The highest BCUT2D eigenvalue weighted by Crippen LogP contribution is 2.68. The first-order chi connectivity index (χ1) is 14.7. The molecule has 2 aliphatic heterocycles. The molecular weight excluding hydrogens is 386 g/mol. The van der Waals surface area contributed by atoms with Gasteiger partial charge in [0.15, 0.2) is 0 Å². The molecule has 13 atom stereocenters. The Hall–Kier alpha value is -0.160. The van der Waals surface area contributed by atoms with Gasteiger partial charge in [0.05, 0.1) is 17.8 Å². The van der Waals surface area contributed by atoms with Crippen molar-refractivity contribution in [1.82, 2.24) is 4.90 Å². The molecular formula is C27H45NO3. The summed E-state index contributed by atoms with van der Waals surface area (Å²) < 4.78 is 0. The Morgan fingerprint density at radius 2 is 1.58 bits per heavy atom. The molecule has 3 N–H and O–H groups in total. The van der Waals surface area contributed by atoms with Gasteiger partial charge < -0.3 is 15.3 Å². The molecule has 0 aromatic carbocycles. The summed E-state index contributed by atoms with van der Waals surface area (Å²) in [6.07, 6.45) is 8.78. The zero-order valence-electron chi connectivity index (χ0n) is 19.9. The van der Waals surface area contributed by atoms with Crippen molar-refractivity contribution < 1.29 is 15.3 Å². The van der Waals surface area contributed by atoms with Crippen LogP contribution in [0, 0.1) is 52.8 Å². The van der Waals surface area contributed by atoms with Gasteiger partial charge in [-0.1, -0.05) is 20.8 Å². The Morgan fingerprint density at radius 1 is 0.774 bits per heavy atom. The number of nitrogens with zero attached hydrogens (tertiary/aromatic N) is 1. The maximum Gasteiger partial charge on any atom is 0.0711 e. The third kappa shape index (κ3) is 2.93. The van der Waals surface area contributed by atoms with Crippen molar-refractivity contribution in [2.24, 2.45) is 52.8 Å². The molecule has 31 heavy (non-hydrogen) atoms. The molecule has 0 aromatic heterocycles. The van der Waals surface area contributed by atoms with E-state index in [1.165, 1.54) is 32.4 Å². The highest BCUT2D eigenvalue weighted by atomic mass is 16.3. The summed E-state index contributed by atoms with van der Waals surface area (Å²) >= 11 is 0. The molecule has 0 radical (unpaired) electrons. The van der Waals surface area contributed by atoms with Crippen LogP contribution in [0.3, 0.4) is 0 Å². The third-order valence-corrected chi connectivity index (χ3v) is 12.1. The number of rotatable bonds is 0. The van der Waals surface area contributed by atoms with Crippen molar-refractivity contribution in [1.29, 1.82) is 0 Å². The predicted molar refractivity (Wildman–Crippen MR) is 121 cm³/mol. The van der Waals surface area contributed by atoms with E-state index < -0.39 is 5.60 Å². The molecule has 2 heterocycles. The molecule has 4 aliphatic carbocycles. The summed E-state index contributed by atoms with van der Waals surface area (Å²) in [5, 5.41) is 33.8. The Balaban J connectivity index is 1.32. The van der Waals surface area contributed by atoms with Crippen LogP contribution in [0.2, 0.25) is 0 Å². The molecule has 2 saturated heterocycles. The number of hydrogen-bond donors (Lipinski definition) is 3. The summed E-state index contributed by atoms with van der Waals surface area (Å²) in [6.45, 7) is 9.76. The third-order valence-electron chi connectivity index (χ3n) is 12.1. The molecule has 6 fully saturated rings. The normalized spacial score (nSPS) is 61.5. The average Bonchev–Trinajstić information content (AvgIpc) is 3.03. The molecule has 0 aromatic rings. The van der Waals surface area contributed by atoms with Crippen LogP contribution in [0.15, 0.2) is 0 Å². The molecule has 4 saturated carbocycles. The lowest BCUT2D eigenvalue weighted by Crippen LogP contribution is -2.62. The Morgan fingerprint density at radius 3 is 2.39 bits per heavy atom. The van der Waals surface area contributed by atoms with Crippen LogP contribution in [0.4, 0.5) is 0 Å². The molecule has 0 spiro atoms. The van der Waals surface area contributed by atoms with Crippen molar-refractivity contribution in [2.75, 3.05) is 13.1 Å². The second-order valence-corrected chi connectivity index (χ2v) is 13.3. The van der Waals surface area contributed by atoms with Crippen LogP contribution in [-0.2, 0) is 0 Å². The smallest absolute Gasteiger partial charge is 0.0711 e. The second-order valence-electron chi connectivity index (χ2n) is 13.3. The fourth-order valence-corrected chi connectivity index (χ4v) is 10.6. The van der Waals surface area contributed by atoms with Gasteiger partial charge in [0, 0.05) is 19.1 Å². The van der Waals surface area contributed by atoms with Crippen LogP contribution in [-0.4, -0.2) is 57.2 Å². The van der Waals surface area contributed by atoms with Gasteiger partial charge in [-0.05, 0) is 111 Å². The van der Waals surface area contributed by atoms with Crippen LogP contribution < -0.4 is 0 Å². The van der Waals surface area contributed by atoms with Crippen LogP contribution in [0.1, 0.15) is 78.6 Å². The van der Waals surface area contributed by atoms with E-state index in [0.717, 1.165) is 62.3 Å². The van der Waals surface area contributed by atoms with Gasteiger partial charge in [-0.25, -0.2) is 0 Å². The van der Waals surface area contributed by atoms with Crippen molar-refractivity contribution in [3.8, 4) is 0 Å². The van der Waals surface area contributed by atoms with Crippen molar-refractivity contribution >= 4 is 0 Å². The quantitative estimate of drug-likeness (QED) is 0.547. The lowest BCUT2D eigenvalue weighted by Gasteiger charge is -2.59. The standard InChI is InChI=1S/C27H45NO3/c1-15-4-5-24-16(2)18-7-9-27(31)20(19(18)14-28(24)13-15)11-21-22(27)12-25(30)23-10-17(29)6-8-26(21,23)3/h15-25,29-31H,4-14H2,1-3H3/t15-,16-,17+,18+,19-,20-,21-,22+,23-,24+,25+,26-,27+/m1/s1. The van der Waals surface area contributed by atoms with E-state index in [1.54, 1.807) is 0 Å². The van der Waals surface area contributed by atoms with Gasteiger partial charge in [-0.2, -0.15) is 0 Å². The molecule has 176 valence electrons. The molecule has 0 unspecified atom stereocenters. The van der Waals surface area contributed by atoms with Crippen molar-refractivity contribution in [3.63, 3.8) is 0 Å². The predicted octanol–water partition coefficient (Wildman–Crippen LogP) is 3.68. The summed E-state index contributed by atoms with van der Waals surface area (Å²) in [4.78, 5) is 2.81. The largest absolute Gasteiger partial charge is 0.393 e. The average molecular weight is 432 g/mol. The molecule has 6 aliphatic rings. The molecule has 0 bridgehead atoms. The maximum absolute atomic E-state index is 12.3. The van der Waals surface area contributed by atoms with Gasteiger partial charge in [0.25, 0.3) is 0 Å². The maximum atomic E-state index is 12.3. The van der Waals surface area contributed by atoms with E-state index in [4.69, 9.17) is 0 Å². The Bertz CT molecular complexity index is 713. The Labute approximate surface area is 188 Å². The molecule has 4 heteroatoms. The van der Waals surface area contributed by atoms with E-state index in [-0.39, 0.29) is 29.5 Å². The second kappa shape index (κ2) is 7.17. The lowest BCUT2D eigenvalue weighted by atomic mass is 9.50.